The minimum Gasteiger partial charge on any atom is -0.313 e. The molecule has 140 valence electrons. The second-order valence-electron chi connectivity index (χ2n) is 5.94. The number of unbranched alkanes of at least 4 members (excludes halogenated alkanes) is 1. The molecule has 1 heterocycles. The summed E-state index contributed by atoms with van der Waals surface area (Å²) < 4.78 is 53.4. The molecule has 0 aliphatic carbocycles. The molecule has 0 fully saturated rings. The van der Waals surface area contributed by atoms with Crippen molar-refractivity contribution in [1.82, 2.24) is 10.0 Å². The van der Waals surface area contributed by atoms with Crippen LogP contribution in [0.15, 0.2) is 40.8 Å². The fourth-order valence-electron chi connectivity index (χ4n) is 2.37. The number of sulfonamides is 2. The van der Waals surface area contributed by atoms with Crippen molar-refractivity contribution in [1.29, 1.82) is 0 Å². The highest BCUT2D eigenvalue weighted by atomic mass is 32.2. The number of benzene rings is 1. The van der Waals surface area contributed by atoms with Crippen LogP contribution in [-0.4, -0.2) is 42.2 Å². The summed E-state index contributed by atoms with van der Waals surface area (Å²) in [6.45, 7) is 3.81. The zero-order valence-electron chi connectivity index (χ0n) is 14.3. The van der Waals surface area contributed by atoms with E-state index in [0.29, 0.717) is 12.1 Å². The molecule has 0 spiro atoms. The van der Waals surface area contributed by atoms with Crippen LogP contribution in [0.25, 0.3) is 0 Å². The second kappa shape index (κ2) is 8.79. The summed E-state index contributed by atoms with van der Waals surface area (Å²) in [6, 6.07) is 5.72. The Labute approximate surface area is 150 Å². The summed E-state index contributed by atoms with van der Waals surface area (Å²) in [6.07, 6.45) is 4.18. The molecule has 1 aliphatic heterocycles. The molecule has 0 unspecified atom stereocenters. The van der Waals surface area contributed by atoms with Gasteiger partial charge in [0, 0.05) is 18.8 Å². The highest BCUT2D eigenvalue weighted by molar-refractivity contribution is 7.92. The third kappa shape index (κ3) is 6.43. The first-order chi connectivity index (χ1) is 11.8. The first kappa shape index (κ1) is 19.9. The van der Waals surface area contributed by atoms with Crippen molar-refractivity contribution in [2.75, 3.05) is 30.1 Å². The van der Waals surface area contributed by atoms with Gasteiger partial charge in [0.2, 0.25) is 20.0 Å². The normalized spacial score (nSPS) is 15.6. The zero-order valence-corrected chi connectivity index (χ0v) is 15.9. The van der Waals surface area contributed by atoms with Crippen molar-refractivity contribution in [3.8, 4) is 0 Å². The van der Waals surface area contributed by atoms with Crippen LogP contribution in [0.1, 0.15) is 26.2 Å². The Hall–Kier alpha value is -1.42. The lowest BCUT2D eigenvalue weighted by Crippen LogP contribution is -2.29. The third-order valence-electron chi connectivity index (χ3n) is 3.85. The number of hydrogen-bond donors (Lipinski definition) is 3. The van der Waals surface area contributed by atoms with Gasteiger partial charge in [0.15, 0.2) is 0 Å². The topological polar surface area (TPSA) is 104 Å². The van der Waals surface area contributed by atoms with Crippen molar-refractivity contribution in [2.45, 2.75) is 31.1 Å². The van der Waals surface area contributed by atoms with Crippen LogP contribution in [0.4, 0.5) is 5.69 Å². The van der Waals surface area contributed by atoms with Gasteiger partial charge in [-0.15, -0.1) is 0 Å². The van der Waals surface area contributed by atoms with E-state index >= 15 is 0 Å². The van der Waals surface area contributed by atoms with Crippen LogP contribution < -0.4 is 14.8 Å². The monoisotopic (exact) mass is 387 g/mol. The van der Waals surface area contributed by atoms with Gasteiger partial charge < -0.3 is 5.32 Å². The second-order valence-corrected chi connectivity index (χ2v) is 9.55. The Morgan fingerprint density at radius 2 is 1.84 bits per heavy atom. The molecule has 0 bridgehead atoms. The van der Waals surface area contributed by atoms with E-state index in [1.54, 1.807) is 0 Å². The van der Waals surface area contributed by atoms with Gasteiger partial charge >= 0.3 is 0 Å². The van der Waals surface area contributed by atoms with Crippen molar-refractivity contribution < 1.29 is 16.8 Å². The molecular formula is C16H25N3O4S2. The van der Waals surface area contributed by atoms with Crippen LogP contribution in [-0.2, 0) is 20.0 Å². The van der Waals surface area contributed by atoms with E-state index in [4.69, 9.17) is 0 Å². The van der Waals surface area contributed by atoms with Crippen LogP contribution in [0.3, 0.4) is 0 Å². The van der Waals surface area contributed by atoms with Crippen LogP contribution in [0.2, 0.25) is 0 Å². The highest BCUT2D eigenvalue weighted by Gasteiger charge is 2.16. The van der Waals surface area contributed by atoms with E-state index in [1.807, 2.05) is 13.0 Å². The molecule has 3 N–H and O–H groups in total. The Morgan fingerprint density at radius 1 is 1.12 bits per heavy atom. The largest absolute Gasteiger partial charge is 0.313 e. The molecule has 7 nitrogen and oxygen atoms in total. The lowest BCUT2D eigenvalue weighted by atomic mass is 10.1. The minimum atomic E-state index is -3.62. The molecule has 0 saturated heterocycles. The predicted octanol–water partition coefficient (Wildman–Crippen LogP) is 1.43. The van der Waals surface area contributed by atoms with Crippen LogP contribution in [0, 0.1) is 0 Å². The molecule has 0 amide bonds. The van der Waals surface area contributed by atoms with Crippen molar-refractivity contribution in [3.63, 3.8) is 0 Å². The van der Waals surface area contributed by atoms with E-state index in [2.05, 4.69) is 14.8 Å². The zero-order chi connectivity index (χ0) is 18.3. The lowest BCUT2D eigenvalue weighted by molar-refractivity contribution is 0.582. The molecule has 1 aromatic carbocycles. The molecule has 1 aliphatic rings. The maximum atomic E-state index is 12.3. The van der Waals surface area contributed by atoms with Crippen molar-refractivity contribution in [2.24, 2.45) is 0 Å². The van der Waals surface area contributed by atoms with Gasteiger partial charge in [-0.1, -0.05) is 25.0 Å². The molecule has 0 aromatic heterocycles. The maximum Gasteiger partial charge on any atom is 0.240 e. The molecule has 0 atom stereocenters. The molecule has 2 rings (SSSR count). The minimum absolute atomic E-state index is 0.0507. The SMILES string of the molecule is CCCCS(=O)(=O)Nc1ccc(S(=O)(=O)NCC2=CCNCC2)cc1. The number of anilines is 1. The van der Waals surface area contributed by atoms with E-state index in [0.717, 1.165) is 31.5 Å². The summed E-state index contributed by atoms with van der Waals surface area (Å²) in [5.41, 5.74) is 1.42. The van der Waals surface area contributed by atoms with E-state index in [-0.39, 0.29) is 17.2 Å². The standard InChI is InChI=1S/C16H25N3O4S2/c1-2-3-12-24(20,21)19-15-4-6-16(7-5-15)25(22,23)18-13-14-8-10-17-11-9-14/h4-8,17-19H,2-3,9-13H2,1H3. The third-order valence-corrected chi connectivity index (χ3v) is 6.64. The Morgan fingerprint density at radius 3 is 2.44 bits per heavy atom. The smallest absolute Gasteiger partial charge is 0.240 e. The van der Waals surface area contributed by atoms with Gasteiger partial charge in [-0.3, -0.25) is 4.72 Å². The van der Waals surface area contributed by atoms with E-state index in [9.17, 15) is 16.8 Å². The fourth-order valence-corrected chi connectivity index (χ4v) is 4.67. The summed E-state index contributed by atoms with van der Waals surface area (Å²) in [5, 5.41) is 3.17. The summed E-state index contributed by atoms with van der Waals surface area (Å²) in [7, 11) is -7.02. The predicted molar refractivity (Wildman–Crippen MR) is 99.5 cm³/mol. The molecule has 9 heteroatoms. The summed E-state index contributed by atoms with van der Waals surface area (Å²) in [4.78, 5) is 0.110. The fraction of sp³-hybridized carbons (Fsp3) is 0.500. The Bertz CT molecular complexity index is 800. The van der Waals surface area contributed by atoms with Crippen LogP contribution in [0.5, 0.6) is 0 Å². The molecule has 0 radical (unpaired) electrons. The van der Waals surface area contributed by atoms with Gasteiger partial charge in [-0.25, -0.2) is 21.6 Å². The number of hydrogen-bond acceptors (Lipinski definition) is 5. The summed E-state index contributed by atoms with van der Waals surface area (Å²) in [5.74, 6) is 0.0507. The first-order valence-corrected chi connectivity index (χ1v) is 11.4. The van der Waals surface area contributed by atoms with Crippen molar-refractivity contribution >= 4 is 25.7 Å². The Kier molecular flexibility index (Phi) is 7.00. The average Bonchev–Trinajstić information content (AvgIpc) is 2.59. The maximum absolute atomic E-state index is 12.3. The van der Waals surface area contributed by atoms with Crippen molar-refractivity contribution in [3.05, 3.63) is 35.9 Å². The summed E-state index contributed by atoms with van der Waals surface area (Å²) >= 11 is 0. The molecule has 25 heavy (non-hydrogen) atoms. The number of rotatable bonds is 9. The van der Waals surface area contributed by atoms with E-state index < -0.39 is 20.0 Å². The molecule has 0 saturated carbocycles. The van der Waals surface area contributed by atoms with Gasteiger partial charge in [0.05, 0.1) is 10.6 Å². The quantitative estimate of drug-likeness (QED) is 0.556. The van der Waals surface area contributed by atoms with Gasteiger partial charge in [-0.2, -0.15) is 0 Å². The van der Waals surface area contributed by atoms with Crippen LogP contribution >= 0.6 is 0 Å². The van der Waals surface area contributed by atoms with Gasteiger partial charge in [0.25, 0.3) is 0 Å². The lowest BCUT2D eigenvalue weighted by Gasteiger charge is -2.15. The van der Waals surface area contributed by atoms with Gasteiger partial charge in [-0.05, 0) is 43.7 Å². The number of nitrogens with one attached hydrogen (secondary N) is 3. The highest BCUT2D eigenvalue weighted by Crippen LogP contribution is 2.16. The van der Waals surface area contributed by atoms with E-state index in [1.165, 1.54) is 24.3 Å². The first-order valence-electron chi connectivity index (χ1n) is 8.31. The van der Waals surface area contributed by atoms with Gasteiger partial charge in [0.1, 0.15) is 0 Å². The Balaban J connectivity index is 1.99. The average molecular weight is 388 g/mol. The molecular weight excluding hydrogens is 362 g/mol. The molecule has 1 aromatic rings.